The summed E-state index contributed by atoms with van der Waals surface area (Å²) in [4.78, 5) is 42.4. The maximum absolute atomic E-state index is 13.3. The Morgan fingerprint density at radius 3 is 2.29 bits per heavy atom. The molecule has 1 saturated carbocycles. The van der Waals surface area contributed by atoms with Crippen LogP contribution in [0.15, 0.2) is 30.3 Å². The van der Waals surface area contributed by atoms with Gasteiger partial charge in [0.25, 0.3) is 0 Å². The van der Waals surface area contributed by atoms with Gasteiger partial charge in [-0.25, -0.2) is 0 Å². The first-order valence-corrected chi connectivity index (χ1v) is 12.0. The van der Waals surface area contributed by atoms with Crippen LogP contribution in [0.5, 0.6) is 0 Å². The number of amides is 3. The molecule has 6 heteroatoms. The van der Waals surface area contributed by atoms with Gasteiger partial charge in [0.05, 0.1) is 5.41 Å². The van der Waals surface area contributed by atoms with E-state index in [-0.39, 0.29) is 29.1 Å². The zero-order chi connectivity index (χ0) is 21.7. The van der Waals surface area contributed by atoms with Gasteiger partial charge in [-0.05, 0) is 44.1 Å². The minimum Gasteiger partial charge on any atom is -0.356 e. The van der Waals surface area contributed by atoms with Gasteiger partial charge in [0.1, 0.15) is 0 Å². The lowest BCUT2D eigenvalue weighted by atomic mass is 9.90. The Morgan fingerprint density at radius 2 is 1.58 bits per heavy atom. The number of carbonyl (C=O) groups excluding carboxylic acids is 3. The highest BCUT2D eigenvalue weighted by Gasteiger charge is 2.53. The van der Waals surface area contributed by atoms with Gasteiger partial charge in [-0.1, -0.05) is 43.2 Å². The Kier molecular flexibility index (Phi) is 6.93. The molecule has 2 saturated heterocycles. The molecule has 1 aromatic carbocycles. The summed E-state index contributed by atoms with van der Waals surface area (Å²) in [6, 6.07) is 10.1. The highest BCUT2D eigenvalue weighted by atomic mass is 16.2. The fourth-order valence-corrected chi connectivity index (χ4v) is 5.06. The molecule has 1 aliphatic carbocycles. The second kappa shape index (κ2) is 9.84. The normalized spacial score (nSPS) is 22.9. The summed E-state index contributed by atoms with van der Waals surface area (Å²) in [6.45, 7) is 3.28. The van der Waals surface area contributed by atoms with Crippen molar-refractivity contribution in [1.29, 1.82) is 0 Å². The number of piperidine rings is 1. The van der Waals surface area contributed by atoms with Crippen molar-refractivity contribution in [3.05, 3.63) is 35.9 Å². The number of hydrogen-bond acceptors (Lipinski definition) is 3. The van der Waals surface area contributed by atoms with Crippen molar-refractivity contribution in [2.24, 2.45) is 5.92 Å². The molecule has 2 aliphatic heterocycles. The molecule has 0 radical (unpaired) electrons. The number of rotatable bonds is 3. The molecule has 3 fully saturated rings. The lowest BCUT2D eigenvalue weighted by Gasteiger charge is -2.36. The van der Waals surface area contributed by atoms with Crippen molar-refractivity contribution < 1.29 is 14.4 Å². The van der Waals surface area contributed by atoms with Gasteiger partial charge < -0.3 is 15.1 Å². The fraction of sp³-hybridized carbons (Fsp3) is 0.640. The molecule has 1 aromatic rings. The molecular weight excluding hydrogens is 390 g/mol. The van der Waals surface area contributed by atoms with Gasteiger partial charge in [-0.2, -0.15) is 0 Å². The molecule has 2 heterocycles. The maximum atomic E-state index is 13.3. The second-order valence-corrected chi connectivity index (χ2v) is 9.35. The summed E-state index contributed by atoms with van der Waals surface area (Å²) < 4.78 is 0. The van der Waals surface area contributed by atoms with Gasteiger partial charge in [0.15, 0.2) is 0 Å². The summed E-state index contributed by atoms with van der Waals surface area (Å²) in [5.41, 5.74) is 0.795. The number of carbonyl (C=O) groups is 3. The van der Waals surface area contributed by atoms with Crippen molar-refractivity contribution in [3.8, 4) is 0 Å². The summed E-state index contributed by atoms with van der Waals surface area (Å²) >= 11 is 0. The predicted octanol–water partition coefficient (Wildman–Crippen LogP) is 2.87. The zero-order valence-corrected chi connectivity index (χ0v) is 18.5. The van der Waals surface area contributed by atoms with Gasteiger partial charge in [0, 0.05) is 45.1 Å². The predicted molar refractivity (Wildman–Crippen MR) is 119 cm³/mol. The SMILES string of the molecule is O=C1CCN(C(=O)C2CCN(C(=O)C3(c4ccccc4)CC3)CC2)CCCCCCN1. The Balaban J connectivity index is 1.32. The standard InChI is InChI=1S/C25H35N3O3/c29-22-12-19-27(16-7-2-1-6-15-26-22)23(30)20-10-17-28(18-11-20)24(31)25(13-14-25)21-8-4-3-5-9-21/h3-5,8-9,20H,1-2,6-7,10-19H2,(H,26,29). The molecule has 0 spiro atoms. The van der Waals surface area contributed by atoms with E-state index in [1.165, 1.54) is 0 Å². The van der Waals surface area contributed by atoms with Crippen LogP contribution in [0.25, 0.3) is 0 Å². The third-order valence-corrected chi connectivity index (χ3v) is 7.21. The molecule has 0 atom stereocenters. The van der Waals surface area contributed by atoms with E-state index in [1.807, 2.05) is 28.0 Å². The minimum absolute atomic E-state index is 0.0377. The van der Waals surface area contributed by atoms with Crippen LogP contribution >= 0.6 is 0 Å². The van der Waals surface area contributed by atoms with Crippen molar-refractivity contribution in [3.63, 3.8) is 0 Å². The van der Waals surface area contributed by atoms with Gasteiger partial charge in [0.2, 0.25) is 17.7 Å². The molecule has 0 aromatic heterocycles. The summed E-state index contributed by atoms with van der Waals surface area (Å²) in [5.74, 6) is 0.403. The summed E-state index contributed by atoms with van der Waals surface area (Å²) in [5, 5.41) is 2.95. The molecule has 3 aliphatic rings. The van der Waals surface area contributed by atoms with E-state index in [9.17, 15) is 14.4 Å². The Hall–Kier alpha value is -2.37. The number of nitrogens with one attached hydrogen (secondary N) is 1. The zero-order valence-electron chi connectivity index (χ0n) is 18.5. The van der Waals surface area contributed by atoms with Gasteiger partial charge in [-0.3, -0.25) is 14.4 Å². The topological polar surface area (TPSA) is 69.7 Å². The molecule has 168 valence electrons. The molecule has 3 amide bonds. The van der Waals surface area contributed by atoms with E-state index >= 15 is 0 Å². The smallest absolute Gasteiger partial charge is 0.233 e. The lowest BCUT2D eigenvalue weighted by Crippen LogP contribution is -2.47. The average Bonchev–Trinajstić information content (AvgIpc) is 3.62. The second-order valence-electron chi connectivity index (χ2n) is 9.35. The number of hydrogen-bond donors (Lipinski definition) is 1. The lowest BCUT2D eigenvalue weighted by molar-refractivity contribution is -0.142. The molecule has 0 unspecified atom stereocenters. The van der Waals surface area contributed by atoms with E-state index in [0.717, 1.165) is 70.0 Å². The Morgan fingerprint density at radius 1 is 0.871 bits per heavy atom. The van der Waals surface area contributed by atoms with Crippen LogP contribution in [0.3, 0.4) is 0 Å². The van der Waals surface area contributed by atoms with Crippen LogP contribution in [-0.4, -0.2) is 60.2 Å². The van der Waals surface area contributed by atoms with Crippen LogP contribution in [0.4, 0.5) is 0 Å². The Bertz CT molecular complexity index is 782. The average molecular weight is 426 g/mol. The molecule has 1 N–H and O–H groups in total. The third kappa shape index (κ3) is 5.10. The van der Waals surface area contributed by atoms with Crippen LogP contribution in [0.1, 0.15) is 63.4 Å². The number of benzene rings is 1. The largest absolute Gasteiger partial charge is 0.356 e. The van der Waals surface area contributed by atoms with Gasteiger partial charge in [-0.15, -0.1) is 0 Å². The number of likely N-dealkylation sites (tertiary alicyclic amines) is 1. The first kappa shape index (κ1) is 21.8. The van der Waals surface area contributed by atoms with E-state index in [1.54, 1.807) is 0 Å². The first-order valence-electron chi connectivity index (χ1n) is 12.0. The van der Waals surface area contributed by atoms with Crippen LogP contribution in [0, 0.1) is 5.92 Å². The quantitative estimate of drug-likeness (QED) is 0.810. The summed E-state index contributed by atoms with van der Waals surface area (Å²) in [7, 11) is 0. The third-order valence-electron chi connectivity index (χ3n) is 7.21. The molecule has 31 heavy (non-hydrogen) atoms. The van der Waals surface area contributed by atoms with Crippen LogP contribution in [0.2, 0.25) is 0 Å². The van der Waals surface area contributed by atoms with Crippen LogP contribution in [-0.2, 0) is 19.8 Å². The van der Waals surface area contributed by atoms with Crippen molar-refractivity contribution >= 4 is 17.7 Å². The molecule has 0 bridgehead atoms. The van der Waals surface area contributed by atoms with E-state index < -0.39 is 0 Å². The van der Waals surface area contributed by atoms with Crippen molar-refractivity contribution in [1.82, 2.24) is 15.1 Å². The van der Waals surface area contributed by atoms with E-state index in [4.69, 9.17) is 0 Å². The highest BCUT2D eigenvalue weighted by Crippen LogP contribution is 2.49. The van der Waals surface area contributed by atoms with E-state index in [0.29, 0.717) is 26.1 Å². The van der Waals surface area contributed by atoms with Gasteiger partial charge >= 0.3 is 0 Å². The molecule has 6 nitrogen and oxygen atoms in total. The highest BCUT2D eigenvalue weighted by molar-refractivity contribution is 5.91. The first-order chi connectivity index (χ1) is 15.1. The fourth-order valence-electron chi connectivity index (χ4n) is 5.06. The van der Waals surface area contributed by atoms with Crippen molar-refractivity contribution in [2.75, 3.05) is 32.7 Å². The minimum atomic E-state index is -0.330. The Labute approximate surface area is 185 Å². The summed E-state index contributed by atoms with van der Waals surface area (Å²) in [6.07, 6.45) is 7.85. The van der Waals surface area contributed by atoms with E-state index in [2.05, 4.69) is 17.4 Å². The van der Waals surface area contributed by atoms with Crippen molar-refractivity contribution in [2.45, 2.75) is 63.2 Å². The molecule has 4 rings (SSSR count). The van der Waals surface area contributed by atoms with Crippen LogP contribution < -0.4 is 5.32 Å². The monoisotopic (exact) mass is 425 g/mol. The molecular formula is C25H35N3O3. The number of nitrogens with zero attached hydrogens (tertiary/aromatic N) is 2. The maximum Gasteiger partial charge on any atom is 0.233 e.